The molecule has 6 heteroatoms. The standard InChI is InChI=1S/C49H88O6/c1-4-7-10-13-16-19-22-25-28-30-33-36-39-42-48(51)54-45-46(55-49(52)43-40-37-34-31-27-24-21-18-15-12-9-6-3)44-53-47(50)41-38-35-32-29-26-23-20-17-14-11-8-5-2/h9,12,18,21,25,28,46H,4-8,10-11,13-17,19-20,22-24,26-27,29-45H2,1-3H3/b12-9-,21-18-,28-25-. The third-order valence-electron chi connectivity index (χ3n) is 10.1. The summed E-state index contributed by atoms with van der Waals surface area (Å²) >= 11 is 0. The molecule has 0 N–H and O–H groups in total. The van der Waals surface area contributed by atoms with Crippen LogP contribution in [0.15, 0.2) is 36.5 Å². The first-order valence-electron chi connectivity index (χ1n) is 23.5. The molecule has 0 aliphatic heterocycles. The maximum Gasteiger partial charge on any atom is 0.306 e. The van der Waals surface area contributed by atoms with Crippen molar-refractivity contribution >= 4 is 17.9 Å². The van der Waals surface area contributed by atoms with Crippen molar-refractivity contribution in [3.63, 3.8) is 0 Å². The molecule has 0 spiro atoms. The molecule has 0 saturated carbocycles. The van der Waals surface area contributed by atoms with Crippen molar-refractivity contribution in [3.05, 3.63) is 36.5 Å². The van der Waals surface area contributed by atoms with E-state index < -0.39 is 6.10 Å². The monoisotopic (exact) mass is 773 g/mol. The Balaban J connectivity index is 4.40. The third kappa shape index (κ3) is 42.6. The van der Waals surface area contributed by atoms with Gasteiger partial charge in [0.25, 0.3) is 0 Å². The van der Waals surface area contributed by atoms with E-state index in [4.69, 9.17) is 14.2 Å². The first-order valence-corrected chi connectivity index (χ1v) is 23.5. The highest BCUT2D eigenvalue weighted by Gasteiger charge is 2.19. The Hall–Kier alpha value is -2.37. The van der Waals surface area contributed by atoms with Crippen molar-refractivity contribution in [3.8, 4) is 0 Å². The minimum atomic E-state index is -0.780. The zero-order valence-corrected chi connectivity index (χ0v) is 36.4. The zero-order chi connectivity index (χ0) is 40.1. The molecule has 0 aliphatic rings. The highest BCUT2D eigenvalue weighted by atomic mass is 16.6. The second-order valence-corrected chi connectivity index (χ2v) is 15.6. The number of hydrogen-bond donors (Lipinski definition) is 0. The fourth-order valence-electron chi connectivity index (χ4n) is 6.59. The summed E-state index contributed by atoms with van der Waals surface area (Å²) in [6.07, 6.45) is 49.8. The van der Waals surface area contributed by atoms with Crippen LogP contribution < -0.4 is 0 Å². The fourth-order valence-corrected chi connectivity index (χ4v) is 6.59. The third-order valence-corrected chi connectivity index (χ3v) is 10.1. The SMILES string of the molecule is CC/C=C\C/C=C\CCCCCCCC(=O)OC(COC(=O)CCCCC/C=C\CCCCCCCC)COC(=O)CCCCCCCCCCCCCC. The van der Waals surface area contributed by atoms with Crippen molar-refractivity contribution in [1.29, 1.82) is 0 Å². The second-order valence-electron chi connectivity index (χ2n) is 15.6. The largest absolute Gasteiger partial charge is 0.462 e. The molecule has 0 bridgehead atoms. The highest BCUT2D eigenvalue weighted by molar-refractivity contribution is 5.71. The molecule has 320 valence electrons. The van der Waals surface area contributed by atoms with Crippen LogP contribution in [0.5, 0.6) is 0 Å². The number of ether oxygens (including phenoxy) is 3. The van der Waals surface area contributed by atoms with Gasteiger partial charge in [-0.2, -0.15) is 0 Å². The normalized spacial score (nSPS) is 12.3. The van der Waals surface area contributed by atoms with Gasteiger partial charge in [-0.15, -0.1) is 0 Å². The van der Waals surface area contributed by atoms with Crippen LogP contribution in [-0.2, 0) is 28.6 Å². The van der Waals surface area contributed by atoms with Gasteiger partial charge in [0, 0.05) is 19.3 Å². The number of unbranched alkanes of at least 4 members (excludes halogenated alkanes) is 25. The van der Waals surface area contributed by atoms with E-state index in [1.807, 2.05) is 0 Å². The van der Waals surface area contributed by atoms with E-state index in [-0.39, 0.29) is 31.1 Å². The van der Waals surface area contributed by atoms with E-state index in [0.29, 0.717) is 19.3 Å². The number of hydrogen-bond acceptors (Lipinski definition) is 6. The Morgan fingerprint density at radius 2 is 0.709 bits per heavy atom. The predicted octanol–water partition coefficient (Wildman–Crippen LogP) is 15.0. The summed E-state index contributed by atoms with van der Waals surface area (Å²) in [6.45, 7) is 6.49. The van der Waals surface area contributed by atoms with Crippen molar-refractivity contribution in [2.24, 2.45) is 0 Å². The molecule has 0 aromatic rings. The summed E-state index contributed by atoms with van der Waals surface area (Å²) in [5.41, 5.74) is 0. The van der Waals surface area contributed by atoms with Gasteiger partial charge in [0.05, 0.1) is 0 Å². The number of esters is 3. The van der Waals surface area contributed by atoms with Crippen LogP contribution in [0.1, 0.15) is 239 Å². The van der Waals surface area contributed by atoms with Crippen LogP contribution in [0, 0.1) is 0 Å². The summed E-state index contributed by atoms with van der Waals surface area (Å²) in [7, 11) is 0. The fraction of sp³-hybridized carbons (Fsp3) is 0.816. The lowest BCUT2D eigenvalue weighted by Crippen LogP contribution is -2.30. The first-order chi connectivity index (χ1) is 27.0. The number of carbonyl (C=O) groups excluding carboxylic acids is 3. The lowest BCUT2D eigenvalue weighted by Gasteiger charge is -2.18. The van der Waals surface area contributed by atoms with Crippen LogP contribution in [0.2, 0.25) is 0 Å². The molecule has 6 nitrogen and oxygen atoms in total. The molecular weight excluding hydrogens is 685 g/mol. The van der Waals surface area contributed by atoms with Gasteiger partial charge in [-0.05, 0) is 70.6 Å². The summed E-state index contributed by atoms with van der Waals surface area (Å²) in [4.78, 5) is 37.7. The van der Waals surface area contributed by atoms with Crippen molar-refractivity contribution < 1.29 is 28.6 Å². The van der Waals surface area contributed by atoms with Gasteiger partial charge in [0.15, 0.2) is 6.10 Å². The number of carbonyl (C=O) groups is 3. The van der Waals surface area contributed by atoms with Gasteiger partial charge in [-0.3, -0.25) is 14.4 Å². The summed E-state index contributed by atoms with van der Waals surface area (Å²) in [5.74, 6) is -0.909. The first kappa shape index (κ1) is 52.6. The molecule has 0 fully saturated rings. The van der Waals surface area contributed by atoms with Gasteiger partial charge >= 0.3 is 17.9 Å². The topological polar surface area (TPSA) is 78.9 Å². The zero-order valence-electron chi connectivity index (χ0n) is 36.4. The van der Waals surface area contributed by atoms with Crippen molar-refractivity contribution in [2.45, 2.75) is 245 Å². The Kier molecular flexibility index (Phi) is 42.4. The quantitative estimate of drug-likeness (QED) is 0.0266. The van der Waals surface area contributed by atoms with E-state index in [1.165, 1.54) is 96.3 Å². The second kappa shape index (κ2) is 44.3. The molecule has 1 atom stereocenters. The van der Waals surface area contributed by atoms with Crippen molar-refractivity contribution in [1.82, 2.24) is 0 Å². The molecule has 0 rings (SSSR count). The minimum Gasteiger partial charge on any atom is -0.462 e. The van der Waals surface area contributed by atoms with Gasteiger partial charge < -0.3 is 14.2 Å². The molecule has 1 unspecified atom stereocenters. The molecule has 0 aliphatic carbocycles. The molecule has 0 aromatic heterocycles. The molecule has 0 heterocycles. The average molecular weight is 773 g/mol. The molecule has 0 aromatic carbocycles. The van der Waals surface area contributed by atoms with E-state index in [9.17, 15) is 14.4 Å². The number of allylic oxidation sites excluding steroid dienone is 6. The molecule has 0 saturated heterocycles. The van der Waals surface area contributed by atoms with Crippen LogP contribution in [0.4, 0.5) is 0 Å². The van der Waals surface area contributed by atoms with Gasteiger partial charge in [0.1, 0.15) is 13.2 Å². The van der Waals surface area contributed by atoms with Crippen LogP contribution in [0.25, 0.3) is 0 Å². The van der Waals surface area contributed by atoms with Crippen LogP contribution in [-0.4, -0.2) is 37.2 Å². The summed E-state index contributed by atoms with van der Waals surface area (Å²) in [5, 5.41) is 0. The maximum atomic E-state index is 12.7. The van der Waals surface area contributed by atoms with Crippen LogP contribution in [0.3, 0.4) is 0 Å². The maximum absolute atomic E-state index is 12.7. The van der Waals surface area contributed by atoms with Gasteiger partial charge in [0.2, 0.25) is 0 Å². The molecular formula is C49H88O6. The Bertz CT molecular complexity index is 938. The summed E-state index contributed by atoms with van der Waals surface area (Å²) in [6, 6.07) is 0. The van der Waals surface area contributed by atoms with E-state index in [1.54, 1.807) is 0 Å². The predicted molar refractivity (Wildman–Crippen MR) is 233 cm³/mol. The Morgan fingerprint density at radius 1 is 0.382 bits per heavy atom. The average Bonchev–Trinajstić information content (AvgIpc) is 3.18. The lowest BCUT2D eigenvalue weighted by molar-refractivity contribution is -0.167. The molecule has 55 heavy (non-hydrogen) atoms. The van der Waals surface area contributed by atoms with Gasteiger partial charge in [-0.25, -0.2) is 0 Å². The van der Waals surface area contributed by atoms with E-state index >= 15 is 0 Å². The lowest BCUT2D eigenvalue weighted by atomic mass is 10.0. The molecule has 0 amide bonds. The van der Waals surface area contributed by atoms with E-state index in [2.05, 4.69) is 57.2 Å². The van der Waals surface area contributed by atoms with Gasteiger partial charge in [-0.1, -0.05) is 186 Å². The van der Waals surface area contributed by atoms with Crippen molar-refractivity contribution in [2.75, 3.05) is 13.2 Å². The van der Waals surface area contributed by atoms with Crippen LogP contribution >= 0.6 is 0 Å². The smallest absolute Gasteiger partial charge is 0.306 e. The highest BCUT2D eigenvalue weighted by Crippen LogP contribution is 2.14. The molecule has 0 radical (unpaired) electrons. The Labute approximate surface area is 340 Å². The number of rotatable bonds is 42. The minimum absolute atomic E-state index is 0.0804. The Morgan fingerprint density at radius 3 is 1.13 bits per heavy atom. The summed E-state index contributed by atoms with van der Waals surface area (Å²) < 4.78 is 16.7. The van der Waals surface area contributed by atoms with E-state index in [0.717, 1.165) is 103 Å².